The highest BCUT2D eigenvalue weighted by atomic mass is 14.9. The Bertz CT molecular complexity index is 1050. The monoisotopic (exact) mass is 298 g/mol. The van der Waals surface area contributed by atoms with E-state index in [0.717, 1.165) is 33.3 Å². The molecule has 0 amide bonds. The Balaban J connectivity index is 1.90. The van der Waals surface area contributed by atoms with Crippen molar-refractivity contribution in [3.05, 3.63) is 84.2 Å². The predicted octanol–water partition coefficient (Wildman–Crippen LogP) is 5.10. The van der Waals surface area contributed by atoms with Crippen molar-refractivity contribution in [2.75, 3.05) is 0 Å². The van der Waals surface area contributed by atoms with Crippen molar-refractivity contribution in [2.45, 2.75) is 6.92 Å². The molecule has 0 radical (unpaired) electrons. The zero-order chi connectivity index (χ0) is 16.0. The van der Waals surface area contributed by atoms with E-state index in [1.165, 1.54) is 10.9 Å². The predicted molar refractivity (Wildman–Crippen MR) is 97.5 cm³/mol. The first-order valence-electron chi connectivity index (χ1n) is 7.74. The molecule has 0 unspecified atom stereocenters. The molecule has 2 heterocycles. The summed E-state index contributed by atoms with van der Waals surface area (Å²) in [5, 5.41) is 2.39. The minimum absolute atomic E-state index is 1.01. The summed E-state index contributed by atoms with van der Waals surface area (Å²) in [5.41, 5.74) is 6.61. The Kier molecular flexibility index (Phi) is 3.05. The summed E-state index contributed by atoms with van der Waals surface area (Å²) in [6.45, 7) is 6.40. The smallest absolute Gasteiger partial charge is 0.0711 e. The van der Waals surface area contributed by atoms with Gasteiger partial charge in [-0.3, -0.25) is 4.98 Å². The fourth-order valence-corrected chi connectivity index (χ4v) is 3.18. The Morgan fingerprint density at radius 2 is 1.87 bits per heavy atom. The lowest BCUT2D eigenvalue weighted by Gasteiger charge is -2.11. The number of pyridine rings is 1. The van der Waals surface area contributed by atoms with E-state index in [2.05, 4.69) is 77.9 Å². The lowest BCUT2D eigenvalue weighted by molar-refractivity contribution is 0.969. The molecule has 0 aliphatic carbocycles. The standard InChI is InChI=1S/C21H18N2/c1-14-12-19(18-6-4-5-7-20(18)22-14)15(2)16-8-9-21-17(13-16)10-11-23(21)3/h4-13H,2H2,1,3H3. The average Bonchev–Trinajstić information content (AvgIpc) is 2.94. The minimum Gasteiger partial charge on any atom is -0.351 e. The van der Waals surface area contributed by atoms with Crippen molar-refractivity contribution >= 4 is 27.4 Å². The quantitative estimate of drug-likeness (QED) is 0.503. The highest BCUT2D eigenvalue weighted by Crippen LogP contribution is 2.30. The first-order chi connectivity index (χ1) is 11.1. The van der Waals surface area contributed by atoms with Crippen molar-refractivity contribution in [2.24, 2.45) is 7.05 Å². The third-order valence-corrected chi connectivity index (χ3v) is 4.40. The molecule has 2 aromatic heterocycles. The molecule has 112 valence electrons. The molecule has 0 bridgehead atoms. The van der Waals surface area contributed by atoms with Crippen LogP contribution >= 0.6 is 0 Å². The lowest BCUT2D eigenvalue weighted by Crippen LogP contribution is -1.93. The third kappa shape index (κ3) is 2.23. The van der Waals surface area contributed by atoms with Crippen molar-refractivity contribution in [3.8, 4) is 0 Å². The van der Waals surface area contributed by atoms with Gasteiger partial charge in [-0.05, 0) is 54.0 Å². The van der Waals surface area contributed by atoms with Crippen LogP contribution in [0.5, 0.6) is 0 Å². The molecule has 2 nitrogen and oxygen atoms in total. The average molecular weight is 298 g/mol. The van der Waals surface area contributed by atoms with E-state index in [0.29, 0.717) is 0 Å². The SMILES string of the molecule is C=C(c1ccc2c(ccn2C)c1)c1cc(C)nc2ccccc12. The van der Waals surface area contributed by atoms with Crippen LogP contribution in [0.25, 0.3) is 27.4 Å². The number of aryl methyl sites for hydroxylation is 2. The number of para-hydroxylation sites is 1. The number of rotatable bonds is 2. The maximum Gasteiger partial charge on any atom is 0.0711 e. The molecular weight excluding hydrogens is 280 g/mol. The van der Waals surface area contributed by atoms with Crippen LogP contribution in [0.15, 0.2) is 67.4 Å². The van der Waals surface area contributed by atoms with Crippen molar-refractivity contribution in [1.29, 1.82) is 0 Å². The Morgan fingerprint density at radius 1 is 1.04 bits per heavy atom. The topological polar surface area (TPSA) is 17.8 Å². The summed E-state index contributed by atoms with van der Waals surface area (Å²) in [5.74, 6) is 0. The van der Waals surface area contributed by atoms with Crippen LogP contribution in [0.4, 0.5) is 0 Å². The number of benzene rings is 2. The van der Waals surface area contributed by atoms with E-state index in [-0.39, 0.29) is 0 Å². The molecule has 0 aliphatic rings. The van der Waals surface area contributed by atoms with Crippen LogP contribution < -0.4 is 0 Å². The molecule has 0 saturated heterocycles. The van der Waals surface area contributed by atoms with Gasteiger partial charge in [-0.25, -0.2) is 0 Å². The maximum absolute atomic E-state index is 4.62. The van der Waals surface area contributed by atoms with Crippen molar-refractivity contribution in [3.63, 3.8) is 0 Å². The molecule has 0 N–H and O–H groups in total. The summed E-state index contributed by atoms with van der Waals surface area (Å²) in [6, 6.07) is 19.0. The van der Waals surface area contributed by atoms with Gasteiger partial charge in [0.25, 0.3) is 0 Å². The number of aromatic nitrogens is 2. The molecule has 4 rings (SSSR count). The molecule has 2 aromatic carbocycles. The molecule has 0 atom stereocenters. The zero-order valence-corrected chi connectivity index (χ0v) is 13.4. The van der Waals surface area contributed by atoms with Gasteiger partial charge in [0.2, 0.25) is 0 Å². The molecule has 2 heteroatoms. The van der Waals surface area contributed by atoms with E-state index >= 15 is 0 Å². The van der Waals surface area contributed by atoms with Gasteiger partial charge in [-0.15, -0.1) is 0 Å². The summed E-state index contributed by atoms with van der Waals surface area (Å²) in [7, 11) is 2.07. The number of nitrogens with zero attached hydrogens (tertiary/aromatic N) is 2. The van der Waals surface area contributed by atoms with Gasteiger partial charge < -0.3 is 4.57 Å². The van der Waals surface area contributed by atoms with Crippen LogP contribution in [0, 0.1) is 6.92 Å². The van der Waals surface area contributed by atoms with E-state index in [1.54, 1.807) is 0 Å². The number of hydrogen-bond acceptors (Lipinski definition) is 1. The minimum atomic E-state index is 1.01. The number of hydrogen-bond donors (Lipinski definition) is 0. The number of fused-ring (bicyclic) bond motifs is 2. The largest absolute Gasteiger partial charge is 0.351 e. The second-order valence-corrected chi connectivity index (χ2v) is 6.01. The first kappa shape index (κ1) is 13.8. The van der Waals surface area contributed by atoms with Gasteiger partial charge in [-0.1, -0.05) is 30.8 Å². The van der Waals surface area contributed by atoms with E-state index in [9.17, 15) is 0 Å². The molecule has 23 heavy (non-hydrogen) atoms. The third-order valence-electron chi connectivity index (χ3n) is 4.40. The highest BCUT2D eigenvalue weighted by Gasteiger charge is 2.10. The molecule has 0 spiro atoms. The Morgan fingerprint density at radius 3 is 2.74 bits per heavy atom. The van der Waals surface area contributed by atoms with Gasteiger partial charge in [0, 0.05) is 35.2 Å². The van der Waals surface area contributed by atoms with E-state index in [4.69, 9.17) is 0 Å². The highest BCUT2D eigenvalue weighted by molar-refractivity contribution is 5.97. The van der Waals surface area contributed by atoms with Gasteiger partial charge in [-0.2, -0.15) is 0 Å². The van der Waals surface area contributed by atoms with Gasteiger partial charge in [0.15, 0.2) is 0 Å². The van der Waals surface area contributed by atoms with Crippen LogP contribution in [-0.2, 0) is 7.05 Å². The second-order valence-electron chi connectivity index (χ2n) is 6.01. The summed E-state index contributed by atoms with van der Waals surface area (Å²) in [6.07, 6.45) is 2.09. The van der Waals surface area contributed by atoms with Crippen LogP contribution in [-0.4, -0.2) is 9.55 Å². The summed E-state index contributed by atoms with van der Waals surface area (Å²) < 4.78 is 2.13. The molecule has 0 saturated carbocycles. The van der Waals surface area contributed by atoms with E-state index in [1.807, 2.05) is 13.0 Å². The van der Waals surface area contributed by atoms with E-state index < -0.39 is 0 Å². The van der Waals surface area contributed by atoms with Crippen molar-refractivity contribution < 1.29 is 0 Å². The maximum atomic E-state index is 4.62. The first-order valence-corrected chi connectivity index (χ1v) is 7.74. The second kappa shape index (κ2) is 5.10. The van der Waals surface area contributed by atoms with Crippen LogP contribution in [0.3, 0.4) is 0 Å². The Labute approximate surface area is 135 Å². The van der Waals surface area contributed by atoms with Gasteiger partial charge >= 0.3 is 0 Å². The zero-order valence-electron chi connectivity index (χ0n) is 13.4. The molecular formula is C21H18N2. The Hall–Kier alpha value is -2.87. The molecule has 0 aliphatic heterocycles. The summed E-state index contributed by atoms with van der Waals surface area (Å²) >= 11 is 0. The molecule has 0 fully saturated rings. The normalized spacial score (nSPS) is 11.2. The molecule has 4 aromatic rings. The lowest BCUT2D eigenvalue weighted by atomic mass is 9.95. The van der Waals surface area contributed by atoms with Crippen LogP contribution in [0.2, 0.25) is 0 Å². The van der Waals surface area contributed by atoms with Crippen LogP contribution in [0.1, 0.15) is 16.8 Å². The fourth-order valence-electron chi connectivity index (χ4n) is 3.18. The van der Waals surface area contributed by atoms with Gasteiger partial charge in [0.1, 0.15) is 0 Å². The van der Waals surface area contributed by atoms with Crippen molar-refractivity contribution in [1.82, 2.24) is 9.55 Å². The fraction of sp³-hybridized carbons (Fsp3) is 0.0952. The van der Waals surface area contributed by atoms with Gasteiger partial charge in [0.05, 0.1) is 5.52 Å². The summed E-state index contributed by atoms with van der Waals surface area (Å²) in [4.78, 5) is 4.62.